The fourth-order valence-electron chi connectivity index (χ4n) is 2.50. The molecule has 0 unspecified atom stereocenters. The van der Waals surface area contributed by atoms with Gasteiger partial charge in [-0.25, -0.2) is 0 Å². The standard InChI is InChI=1S/C18H15FSi/c19-20(16-10-4-1-5-11-16,17-12-6-2-7-13-17)18-14-8-3-9-15-18/h1-15H. The summed E-state index contributed by atoms with van der Waals surface area (Å²) >= 11 is 0. The second-order valence-electron chi connectivity index (χ2n) is 4.76. The van der Waals surface area contributed by atoms with Crippen molar-refractivity contribution in [1.29, 1.82) is 0 Å². The number of benzene rings is 3. The van der Waals surface area contributed by atoms with Crippen LogP contribution in [-0.2, 0) is 0 Å². The molecular weight excluding hydrogens is 263 g/mol. The average Bonchev–Trinajstić information content (AvgIpc) is 2.56. The maximum absolute atomic E-state index is 16.1. The first-order valence-corrected chi connectivity index (χ1v) is 8.55. The molecule has 0 aliphatic heterocycles. The minimum Gasteiger partial charge on any atom is -0.296 e. The van der Waals surface area contributed by atoms with Crippen LogP contribution in [-0.4, -0.2) is 8.41 Å². The van der Waals surface area contributed by atoms with Crippen LogP contribution in [0.2, 0.25) is 0 Å². The Morgan fingerprint density at radius 1 is 0.450 bits per heavy atom. The van der Waals surface area contributed by atoms with Crippen LogP contribution >= 0.6 is 0 Å². The van der Waals surface area contributed by atoms with E-state index in [0.29, 0.717) is 0 Å². The molecule has 0 atom stereocenters. The molecule has 0 saturated carbocycles. The normalized spacial score (nSPS) is 11.2. The van der Waals surface area contributed by atoms with Gasteiger partial charge in [-0.3, -0.25) is 4.11 Å². The highest BCUT2D eigenvalue weighted by Gasteiger charge is 2.40. The van der Waals surface area contributed by atoms with E-state index >= 15 is 4.11 Å². The molecule has 3 aromatic carbocycles. The van der Waals surface area contributed by atoms with Crippen LogP contribution in [0.4, 0.5) is 4.11 Å². The van der Waals surface area contributed by atoms with Crippen LogP contribution in [0.1, 0.15) is 0 Å². The molecule has 98 valence electrons. The van der Waals surface area contributed by atoms with Gasteiger partial charge in [-0.2, -0.15) is 0 Å². The summed E-state index contributed by atoms with van der Waals surface area (Å²) < 4.78 is 16.1. The largest absolute Gasteiger partial charge is 0.339 e. The van der Waals surface area contributed by atoms with Gasteiger partial charge in [-0.15, -0.1) is 0 Å². The van der Waals surface area contributed by atoms with E-state index in [1.807, 2.05) is 91.0 Å². The van der Waals surface area contributed by atoms with Crippen molar-refractivity contribution in [2.45, 2.75) is 0 Å². The molecule has 3 rings (SSSR count). The topological polar surface area (TPSA) is 0 Å². The van der Waals surface area contributed by atoms with Crippen molar-refractivity contribution in [3.8, 4) is 0 Å². The van der Waals surface area contributed by atoms with Gasteiger partial charge < -0.3 is 0 Å². The average molecular weight is 278 g/mol. The molecule has 0 heterocycles. The zero-order valence-electron chi connectivity index (χ0n) is 11.0. The summed E-state index contributed by atoms with van der Waals surface area (Å²) in [5.74, 6) is 0. The van der Waals surface area contributed by atoms with Crippen molar-refractivity contribution < 1.29 is 4.11 Å². The maximum Gasteiger partial charge on any atom is 0.339 e. The lowest BCUT2D eigenvalue weighted by Gasteiger charge is -2.24. The van der Waals surface area contributed by atoms with Gasteiger partial charge in [0.25, 0.3) is 0 Å². The first kappa shape index (κ1) is 12.8. The predicted molar refractivity (Wildman–Crippen MR) is 85.1 cm³/mol. The molecular formula is C18H15FSi. The zero-order valence-corrected chi connectivity index (χ0v) is 12.0. The third kappa shape index (κ3) is 2.19. The van der Waals surface area contributed by atoms with Gasteiger partial charge in [0.1, 0.15) is 0 Å². The van der Waals surface area contributed by atoms with Crippen LogP contribution in [0, 0.1) is 0 Å². The van der Waals surface area contributed by atoms with Crippen LogP contribution in [0.3, 0.4) is 0 Å². The number of hydrogen-bond acceptors (Lipinski definition) is 0. The van der Waals surface area contributed by atoms with Crippen molar-refractivity contribution in [3.05, 3.63) is 91.0 Å². The van der Waals surface area contributed by atoms with Gasteiger partial charge in [0.2, 0.25) is 0 Å². The summed E-state index contributed by atoms with van der Waals surface area (Å²) in [6.07, 6.45) is 0. The molecule has 0 aromatic heterocycles. The van der Waals surface area contributed by atoms with E-state index in [9.17, 15) is 0 Å². The van der Waals surface area contributed by atoms with Gasteiger partial charge in [0.15, 0.2) is 0 Å². The minimum absolute atomic E-state index is 0.789. The molecule has 0 saturated heterocycles. The lowest BCUT2D eigenvalue weighted by Crippen LogP contribution is -2.63. The molecule has 0 bridgehead atoms. The van der Waals surface area contributed by atoms with E-state index in [1.54, 1.807) is 0 Å². The van der Waals surface area contributed by atoms with Crippen LogP contribution < -0.4 is 15.6 Å². The van der Waals surface area contributed by atoms with Crippen molar-refractivity contribution in [3.63, 3.8) is 0 Å². The summed E-state index contributed by atoms with van der Waals surface area (Å²) in [5.41, 5.74) is 0. The van der Waals surface area contributed by atoms with E-state index in [1.165, 1.54) is 0 Å². The predicted octanol–water partition coefficient (Wildman–Crippen LogP) is 2.62. The molecule has 0 aliphatic carbocycles. The summed E-state index contributed by atoms with van der Waals surface area (Å²) in [4.78, 5) is 0. The van der Waals surface area contributed by atoms with E-state index < -0.39 is 8.41 Å². The second-order valence-corrected chi connectivity index (χ2v) is 7.81. The maximum atomic E-state index is 16.1. The SMILES string of the molecule is F[Si](c1ccccc1)(c1ccccc1)c1ccccc1. The Hall–Kier alpha value is -2.19. The molecule has 0 spiro atoms. The van der Waals surface area contributed by atoms with Gasteiger partial charge in [-0.05, 0) is 15.6 Å². The highest BCUT2D eigenvalue weighted by atomic mass is 28.4. The quantitative estimate of drug-likeness (QED) is 0.392. The van der Waals surface area contributed by atoms with E-state index in [4.69, 9.17) is 0 Å². The molecule has 2 heteroatoms. The summed E-state index contributed by atoms with van der Waals surface area (Å²) in [5, 5.41) is 2.37. The number of rotatable bonds is 3. The molecule has 0 radical (unpaired) electrons. The smallest absolute Gasteiger partial charge is 0.296 e. The van der Waals surface area contributed by atoms with Gasteiger partial charge in [0, 0.05) is 0 Å². The monoisotopic (exact) mass is 278 g/mol. The van der Waals surface area contributed by atoms with Crippen LogP contribution in [0.5, 0.6) is 0 Å². The van der Waals surface area contributed by atoms with E-state index in [0.717, 1.165) is 15.6 Å². The van der Waals surface area contributed by atoms with Gasteiger partial charge in [0.05, 0.1) is 0 Å². The second kappa shape index (κ2) is 5.43. The first-order valence-electron chi connectivity index (χ1n) is 6.67. The Kier molecular flexibility index (Phi) is 3.48. The van der Waals surface area contributed by atoms with Crippen molar-refractivity contribution >= 4 is 24.0 Å². The highest BCUT2D eigenvalue weighted by Crippen LogP contribution is 2.08. The summed E-state index contributed by atoms with van der Waals surface area (Å²) in [7, 11) is -3.38. The van der Waals surface area contributed by atoms with E-state index in [-0.39, 0.29) is 0 Å². The third-order valence-electron chi connectivity index (χ3n) is 3.51. The van der Waals surface area contributed by atoms with Crippen molar-refractivity contribution in [2.75, 3.05) is 0 Å². The number of halogens is 1. The fraction of sp³-hybridized carbons (Fsp3) is 0. The third-order valence-corrected chi connectivity index (χ3v) is 6.90. The first-order chi connectivity index (χ1) is 9.82. The van der Waals surface area contributed by atoms with Gasteiger partial charge >= 0.3 is 8.41 Å². The Morgan fingerprint density at radius 3 is 0.950 bits per heavy atom. The fourth-order valence-corrected chi connectivity index (χ4v) is 5.46. The summed E-state index contributed by atoms with van der Waals surface area (Å²) in [6, 6.07) is 28.6. The highest BCUT2D eigenvalue weighted by molar-refractivity contribution is 7.06. The Labute approximate surface area is 119 Å². The molecule has 3 aromatic rings. The lowest BCUT2D eigenvalue weighted by atomic mass is 10.3. The summed E-state index contributed by atoms with van der Waals surface area (Å²) in [6.45, 7) is 0. The molecule has 20 heavy (non-hydrogen) atoms. The van der Waals surface area contributed by atoms with Gasteiger partial charge in [-0.1, -0.05) is 91.0 Å². The molecule has 0 fully saturated rings. The Balaban J connectivity index is 2.24. The molecule has 0 amide bonds. The minimum atomic E-state index is -3.38. The lowest BCUT2D eigenvalue weighted by molar-refractivity contribution is 0.842. The molecule has 0 nitrogen and oxygen atoms in total. The Bertz CT molecular complexity index is 569. The zero-order chi connectivity index (χ0) is 13.8. The van der Waals surface area contributed by atoms with Crippen LogP contribution in [0.15, 0.2) is 91.0 Å². The van der Waals surface area contributed by atoms with Crippen LogP contribution in [0.25, 0.3) is 0 Å². The Morgan fingerprint density at radius 2 is 0.700 bits per heavy atom. The van der Waals surface area contributed by atoms with Crippen molar-refractivity contribution in [1.82, 2.24) is 0 Å². The van der Waals surface area contributed by atoms with E-state index in [2.05, 4.69) is 0 Å². The van der Waals surface area contributed by atoms with Crippen molar-refractivity contribution in [2.24, 2.45) is 0 Å². The molecule has 0 N–H and O–H groups in total. The molecule has 0 aliphatic rings. The number of hydrogen-bond donors (Lipinski definition) is 0.